The first-order valence-electron chi connectivity index (χ1n) is 5.36. The van der Waals surface area contributed by atoms with E-state index >= 15 is 0 Å². The summed E-state index contributed by atoms with van der Waals surface area (Å²) in [7, 11) is 0. The van der Waals surface area contributed by atoms with Crippen LogP contribution >= 0.6 is 23.6 Å². The lowest BCUT2D eigenvalue weighted by Crippen LogP contribution is -2.22. The van der Waals surface area contributed by atoms with Gasteiger partial charge in [-0.15, -0.1) is 5.10 Å². The van der Waals surface area contributed by atoms with Gasteiger partial charge in [-0.1, -0.05) is 11.3 Å². The first kappa shape index (κ1) is 11.0. The van der Waals surface area contributed by atoms with Gasteiger partial charge in [-0.25, -0.2) is 0 Å². The third-order valence-electron chi connectivity index (χ3n) is 2.56. The van der Waals surface area contributed by atoms with Crippen LogP contribution in [0.15, 0.2) is 0 Å². The van der Waals surface area contributed by atoms with E-state index in [0.29, 0.717) is 0 Å². The summed E-state index contributed by atoms with van der Waals surface area (Å²) in [6, 6.07) is 0. The summed E-state index contributed by atoms with van der Waals surface area (Å²) in [5.41, 5.74) is 0. The Balaban J connectivity index is 1.60. The number of rotatable bonds is 5. The maximum absolute atomic E-state index is 4.95. The van der Waals surface area contributed by atoms with Crippen LogP contribution in [-0.4, -0.2) is 41.3 Å². The van der Waals surface area contributed by atoms with E-state index in [2.05, 4.69) is 20.4 Å². The number of aromatic amines is 1. The van der Waals surface area contributed by atoms with E-state index in [4.69, 9.17) is 12.2 Å². The molecule has 1 fully saturated rings. The number of H-pyrrole nitrogens is 1. The van der Waals surface area contributed by atoms with E-state index in [1.165, 1.54) is 50.2 Å². The van der Waals surface area contributed by atoms with Gasteiger partial charge in [-0.3, -0.25) is 5.10 Å². The highest BCUT2D eigenvalue weighted by molar-refractivity contribution is 7.73. The molecule has 2 N–H and O–H groups in total. The van der Waals surface area contributed by atoms with Gasteiger partial charge >= 0.3 is 0 Å². The number of aromatic nitrogens is 2. The van der Waals surface area contributed by atoms with Crippen molar-refractivity contribution in [2.75, 3.05) is 31.5 Å². The molecule has 1 aliphatic heterocycles. The van der Waals surface area contributed by atoms with E-state index in [1.807, 2.05) is 0 Å². The average Bonchev–Trinajstić information content (AvgIpc) is 2.84. The highest BCUT2D eigenvalue weighted by Gasteiger charge is 2.09. The van der Waals surface area contributed by atoms with Crippen LogP contribution in [0.4, 0.5) is 5.13 Å². The Morgan fingerprint density at radius 1 is 1.47 bits per heavy atom. The Kier molecular flexibility index (Phi) is 4.10. The highest BCUT2D eigenvalue weighted by atomic mass is 32.1. The summed E-state index contributed by atoms with van der Waals surface area (Å²) in [6.45, 7) is 4.73. The Labute approximate surface area is 98.7 Å². The van der Waals surface area contributed by atoms with Gasteiger partial charge in [0.2, 0.25) is 5.13 Å². The zero-order chi connectivity index (χ0) is 10.5. The quantitative estimate of drug-likeness (QED) is 0.615. The van der Waals surface area contributed by atoms with Crippen molar-refractivity contribution in [3.63, 3.8) is 0 Å². The first-order chi connectivity index (χ1) is 7.34. The minimum absolute atomic E-state index is 0.733. The molecule has 6 heteroatoms. The van der Waals surface area contributed by atoms with Crippen molar-refractivity contribution in [3.8, 4) is 0 Å². The minimum atomic E-state index is 0.733. The Hall–Kier alpha value is -0.460. The summed E-state index contributed by atoms with van der Waals surface area (Å²) in [4.78, 5) is 2.52. The van der Waals surface area contributed by atoms with Gasteiger partial charge in [0.25, 0.3) is 0 Å². The summed E-state index contributed by atoms with van der Waals surface area (Å²) in [5, 5.41) is 11.0. The molecule has 0 bridgehead atoms. The van der Waals surface area contributed by atoms with Crippen LogP contribution in [0.3, 0.4) is 0 Å². The van der Waals surface area contributed by atoms with Gasteiger partial charge in [0.05, 0.1) is 0 Å². The summed E-state index contributed by atoms with van der Waals surface area (Å²) in [6.07, 6.45) is 3.91. The van der Waals surface area contributed by atoms with Crippen LogP contribution < -0.4 is 5.32 Å². The smallest absolute Gasteiger partial charge is 0.204 e. The lowest BCUT2D eigenvalue weighted by molar-refractivity contribution is 0.337. The lowest BCUT2D eigenvalue weighted by atomic mass is 10.4. The fraction of sp³-hybridized carbons (Fsp3) is 0.778. The molecule has 15 heavy (non-hydrogen) atoms. The molecule has 1 saturated heterocycles. The molecular weight excluding hydrogens is 228 g/mol. The van der Waals surface area contributed by atoms with Gasteiger partial charge in [-0.2, -0.15) is 0 Å². The van der Waals surface area contributed by atoms with Gasteiger partial charge in [0.15, 0.2) is 3.95 Å². The number of hydrogen-bond donors (Lipinski definition) is 2. The standard InChI is InChI=1S/C9H16N4S2/c14-9-12-11-8(15-9)10-4-3-7-13-5-1-2-6-13/h1-7H2,(H,10,11)(H,12,14). The molecule has 0 saturated carbocycles. The van der Waals surface area contributed by atoms with Crippen molar-refractivity contribution in [3.05, 3.63) is 3.95 Å². The Morgan fingerprint density at radius 3 is 2.93 bits per heavy atom. The minimum Gasteiger partial charge on any atom is -0.360 e. The van der Waals surface area contributed by atoms with Crippen molar-refractivity contribution in [2.45, 2.75) is 19.3 Å². The van der Waals surface area contributed by atoms with Crippen molar-refractivity contribution in [1.82, 2.24) is 15.1 Å². The maximum Gasteiger partial charge on any atom is 0.204 e. The third kappa shape index (κ3) is 3.55. The topological polar surface area (TPSA) is 44.0 Å². The monoisotopic (exact) mass is 244 g/mol. The Morgan fingerprint density at radius 2 is 2.27 bits per heavy atom. The maximum atomic E-state index is 4.95. The van der Waals surface area contributed by atoms with Crippen molar-refractivity contribution < 1.29 is 0 Å². The molecule has 1 aromatic heterocycles. The van der Waals surface area contributed by atoms with Crippen molar-refractivity contribution in [1.29, 1.82) is 0 Å². The summed E-state index contributed by atoms with van der Waals surface area (Å²) < 4.78 is 0.733. The normalized spacial score (nSPS) is 17.1. The van der Waals surface area contributed by atoms with Crippen LogP contribution in [0.5, 0.6) is 0 Å². The van der Waals surface area contributed by atoms with E-state index < -0.39 is 0 Å². The fourth-order valence-electron chi connectivity index (χ4n) is 1.81. The van der Waals surface area contributed by atoms with Gasteiger partial charge in [0.1, 0.15) is 0 Å². The molecular formula is C9H16N4S2. The molecule has 4 nitrogen and oxygen atoms in total. The molecule has 1 aliphatic rings. The zero-order valence-electron chi connectivity index (χ0n) is 8.66. The van der Waals surface area contributed by atoms with Crippen LogP contribution in [-0.2, 0) is 0 Å². The number of likely N-dealkylation sites (tertiary alicyclic amines) is 1. The number of hydrogen-bond acceptors (Lipinski definition) is 5. The number of nitrogens with one attached hydrogen (secondary N) is 2. The number of anilines is 1. The van der Waals surface area contributed by atoms with E-state index in [1.54, 1.807) is 0 Å². The summed E-state index contributed by atoms with van der Waals surface area (Å²) >= 11 is 6.45. The zero-order valence-corrected chi connectivity index (χ0v) is 10.3. The molecule has 84 valence electrons. The second kappa shape index (κ2) is 5.58. The summed E-state index contributed by atoms with van der Waals surface area (Å²) in [5.74, 6) is 0. The number of nitrogens with zero attached hydrogens (tertiary/aromatic N) is 2. The highest BCUT2D eigenvalue weighted by Crippen LogP contribution is 2.11. The Bertz CT molecular complexity index is 340. The third-order valence-corrected chi connectivity index (χ3v) is 3.61. The van der Waals surface area contributed by atoms with Crippen molar-refractivity contribution in [2.24, 2.45) is 0 Å². The SMILES string of the molecule is S=c1[nH]nc(NCCCN2CCCC2)s1. The van der Waals surface area contributed by atoms with E-state index in [9.17, 15) is 0 Å². The second-order valence-electron chi connectivity index (χ2n) is 3.75. The molecule has 0 unspecified atom stereocenters. The van der Waals surface area contributed by atoms with Gasteiger partial charge in [-0.05, 0) is 51.1 Å². The van der Waals surface area contributed by atoms with Gasteiger partial charge < -0.3 is 10.2 Å². The lowest BCUT2D eigenvalue weighted by Gasteiger charge is -2.13. The van der Waals surface area contributed by atoms with Crippen LogP contribution in [0.2, 0.25) is 0 Å². The molecule has 2 heterocycles. The molecule has 1 aromatic rings. The van der Waals surface area contributed by atoms with Gasteiger partial charge in [0, 0.05) is 6.54 Å². The molecule has 0 atom stereocenters. The molecule has 0 aromatic carbocycles. The molecule has 0 amide bonds. The van der Waals surface area contributed by atoms with Crippen LogP contribution in [0.25, 0.3) is 0 Å². The first-order valence-corrected chi connectivity index (χ1v) is 6.59. The average molecular weight is 244 g/mol. The molecule has 0 spiro atoms. The predicted octanol–water partition coefficient (Wildman–Crippen LogP) is 2.10. The van der Waals surface area contributed by atoms with E-state index in [0.717, 1.165) is 15.6 Å². The predicted molar refractivity (Wildman–Crippen MR) is 66.1 cm³/mol. The largest absolute Gasteiger partial charge is 0.360 e. The molecule has 2 rings (SSSR count). The van der Waals surface area contributed by atoms with E-state index in [-0.39, 0.29) is 0 Å². The van der Waals surface area contributed by atoms with Crippen LogP contribution in [0.1, 0.15) is 19.3 Å². The van der Waals surface area contributed by atoms with Crippen LogP contribution in [0, 0.1) is 3.95 Å². The molecule has 0 radical (unpaired) electrons. The van der Waals surface area contributed by atoms with Crippen molar-refractivity contribution >= 4 is 28.7 Å². The second-order valence-corrected chi connectivity index (χ2v) is 5.41. The molecule has 0 aliphatic carbocycles. The fourth-order valence-corrected chi connectivity index (χ4v) is 2.62.